The number of hydrogen-bond donors (Lipinski definition) is 2. The van der Waals surface area contributed by atoms with E-state index in [1.165, 1.54) is 0 Å². The van der Waals surface area contributed by atoms with Crippen LogP contribution in [-0.4, -0.2) is 70.7 Å². The second-order valence-corrected chi connectivity index (χ2v) is 6.94. The molecule has 2 atom stereocenters. The Morgan fingerprint density at radius 2 is 2.00 bits per heavy atom. The van der Waals surface area contributed by atoms with Gasteiger partial charge in [-0.15, -0.1) is 0 Å². The second kappa shape index (κ2) is 8.58. The third-order valence-electron chi connectivity index (χ3n) is 5.18. The van der Waals surface area contributed by atoms with E-state index in [2.05, 4.69) is 20.1 Å². The first-order valence-electron chi connectivity index (χ1n) is 9.37. The molecule has 0 aliphatic carbocycles. The summed E-state index contributed by atoms with van der Waals surface area (Å²) >= 11 is 0. The Morgan fingerprint density at radius 1 is 1.23 bits per heavy atom. The number of aliphatic hydroxyl groups excluding tert-OH is 1. The van der Waals surface area contributed by atoms with Crippen molar-refractivity contribution in [2.75, 3.05) is 38.0 Å². The van der Waals surface area contributed by atoms with Gasteiger partial charge in [0.25, 0.3) is 0 Å². The molecule has 2 aromatic rings. The summed E-state index contributed by atoms with van der Waals surface area (Å²) in [5.41, 5.74) is 1.68. The topological polar surface area (TPSA) is 68.7 Å². The van der Waals surface area contributed by atoms with Crippen molar-refractivity contribution in [3.05, 3.63) is 36.5 Å². The average molecular weight is 356 g/mol. The maximum Gasteiger partial charge on any atom is 0.241 e. The van der Waals surface area contributed by atoms with Crippen molar-refractivity contribution < 1.29 is 9.90 Å². The summed E-state index contributed by atoms with van der Waals surface area (Å²) in [6, 6.07) is 9.43. The van der Waals surface area contributed by atoms with Crippen molar-refractivity contribution in [2.24, 2.45) is 0 Å². The molecule has 0 saturated carbocycles. The summed E-state index contributed by atoms with van der Waals surface area (Å²) in [5, 5.41) is 13.8. The van der Waals surface area contributed by atoms with Gasteiger partial charge in [0, 0.05) is 44.3 Å². The van der Waals surface area contributed by atoms with Gasteiger partial charge in [-0.05, 0) is 37.6 Å². The molecule has 0 radical (unpaired) electrons. The van der Waals surface area contributed by atoms with Gasteiger partial charge in [0.05, 0.1) is 23.3 Å². The number of pyridine rings is 1. The molecule has 2 heterocycles. The zero-order valence-corrected chi connectivity index (χ0v) is 15.6. The predicted molar refractivity (Wildman–Crippen MR) is 104 cm³/mol. The number of aromatic nitrogens is 1. The van der Waals surface area contributed by atoms with Gasteiger partial charge in [-0.2, -0.15) is 0 Å². The summed E-state index contributed by atoms with van der Waals surface area (Å²) in [5.74, 6) is 0.00314. The Balaban J connectivity index is 1.58. The summed E-state index contributed by atoms with van der Waals surface area (Å²) in [7, 11) is 0. The van der Waals surface area contributed by atoms with Crippen LogP contribution in [-0.2, 0) is 4.79 Å². The van der Waals surface area contributed by atoms with Crippen molar-refractivity contribution >= 4 is 22.5 Å². The number of amides is 1. The molecule has 1 aliphatic heterocycles. The van der Waals surface area contributed by atoms with Gasteiger partial charge < -0.3 is 10.4 Å². The first-order valence-corrected chi connectivity index (χ1v) is 9.37. The molecule has 0 unspecified atom stereocenters. The number of carbonyl (C=O) groups excluding carboxylic acids is 1. The fourth-order valence-corrected chi connectivity index (χ4v) is 3.38. The third-order valence-corrected chi connectivity index (χ3v) is 5.18. The zero-order chi connectivity index (χ0) is 18.5. The lowest BCUT2D eigenvalue weighted by Crippen LogP contribution is -2.53. The lowest BCUT2D eigenvalue weighted by molar-refractivity contribution is -0.121. The van der Waals surface area contributed by atoms with Gasteiger partial charge in [-0.25, -0.2) is 0 Å². The maximum atomic E-state index is 12.7. The van der Waals surface area contributed by atoms with Gasteiger partial charge in [0.2, 0.25) is 5.91 Å². The number of rotatable bonds is 6. The van der Waals surface area contributed by atoms with Crippen molar-refractivity contribution in [2.45, 2.75) is 32.4 Å². The van der Waals surface area contributed by atoms with Crippen molar-refractivity contribution in [3.8, 4) is 0 Å². The number of benzene rings is 1. The standard InChI is InChI=1S/C20H28N4O2/c1-3-16(25)14-23-10-12-24(13-11-23)15(2)20(26)22-19-8-4-7-18-17(19)6-5-9-21-18/h4-9,15-16,25H,3,10-14H2,1-2H3,(H,22,26)/t15-,16+/m1/s1. The minimum absolute atomic E-state index is 0.00314. The van der Waals surface area contributed by atoms with Gasteiger partial charge in [0.1, 0.15) is 0 Å². The fourth-order valence-electron chi connectivity index (χ4n) is 3.38. The monoisotopic (exact) mass is 356 g/mol. The Kier molecular flexibility index (Phi) is 6.19. The first kappa shape index (κ1) is 18.8. The second-order valence-electron chi connectivity index (χ2n) is 6.94. The fraction of sp³-hybridized carbons (Fsp3) is 0.500. The Labute approximate surface area is 154 Å². The molecule has 1 fully saturated rings. The number of β-amino-alcohol motifs (C(OH)–C–C–N with tert-alkyl or cyclic N) is 1. The van der Waals surface area contributed by atoms with Crippen LogP contribution in [0.1, 0.15) is 20.3 Å². The summed E-state index contributed by atoms with van der Waals surface area (Å²) in [6.07, 6.45) is 2.27. The van der Waals surface area contributed by atoms with Gasteiger partial charge >= 0.3 is 0 Å². The molecule has 2 N–H and O–H groups in total. The molecule has 6 heteroatoms. The highest BCUT2D eigenvalue weighted by atomic mass is 16.3. The molecular formula is C20H28N4O2. The van der Waals surface area contributed by atoms with E-state index in [0.29, 0.717) is 6.54 Å². The molecule has 0 spiro atoms. The normalized spacial score (nSPS) is 18.6. The van der Waals surface area contributed by atoms with Gasteiger partial charge in [0.15, 0.2) is 0 Å². The van der Waals surface area contributed by atoms with Crippen LogP contribution in [0.3, 0.4) is 0 Å². The highest BCUT2D eigenvalue weighted by molar-refractivity contribution is 6.02. The van der Waals surface area contributed by atoms with Crippen molar-refractivity contribution in [1.29, 1.82) is 0 Å². The van der Waals surface area contributed by atoms with E-state index in [1.54, 1.807) is 6.20 Å². The van der Waals surface area contributed by atoms with E-state index >= 15 is 0 Å². The van der Waals surface area contributed by atoms with Crippen LogP contribution in [0.25, 0.3) is 10.9 Å². The SMILES string of the molecule is CC[C@H](O)CN1CCN([C@H](C)C(=O)Nc2cccc3ncccc23)CC1. The number of aliphatic hydroxyl groups is 1. The smallest absolute Gasteiger partial charge is 0.241 e. The lowest BCUT2D eigenvalue weighted by Gasteiger charge is -2.38. The number of nitrogens with zero attached hydrogens (tertiary/aromatic N) is 3. The molecule has 1 aliphatic rings. The Morgan fingerprint density at radius 3 is 2.73 bits per heavy atom. The van der Waals surface area contributed by atoms with E-state index < -0.39 is 0 Å². The summed E-state index contributed by atoms with van der Waals surface area (Å²) in [4.78, 5) is 21.5. The molecule has 1 amide bonds. The van der Waals surface area contributed by atoms with Crippen LogP contribution in [0.2, 0.25) is 0 Å². The van der Waals surface area contributed by atoms with E-state index in [9.17, 15) is 9.90 Å². The lowest BCUT2D eigenvalue weighted by atomic mass is 10.1. The van der Waals surface area contributed by atoms with E-state index in [1.807, 2.05) is 44.2 Å². The minimum Gasteiger partial charge on any atom is -0.392 e. The van der Waals surface area contributed by atoms with Crippen LogP contribution >= 0.6 is 0 Å². The molecule has 140 valence electrons. The highest BCUT2D eigenvalue weighted by Gasteiger charge is 2.26. The minimum atomic E-state index is -0.262. The van der Waals surface area contributed by atoms with Crippen LogP contribution in [0, 0.1) is 0 Å². The van der Waals surface area contributed by atoms with Gasteiger partial charge in [-0.3, -0.25) is 19.6 Å². The molecule has 1 saturated heterocycles. The maximum absolute atomic E-state index is 12.7. The summed E-state index contributed by atoms with van der Waals surface area (Å²) < 4.78 is 0. The molecule has 1 aromatic heterocycles. The summed E-state index contributed by atoms with van der Waals surface area (Å²) in [6.45, 7) is 8.10. The molecular weight excluding hydrogens is 328 g/mol. The quantitative estimate of drug-likeness (QED) is 0.828. The first-order chi connectivity index (χ1) is 12.6. The average Bonchev–Trinajstić information content (AvgIpc) is 2.68. The molecule has 3 rings (SSSR count). The van der Waals surface area contributed by atoms with E-state index in [-0.39, 0.29) is 18.1 Å². The molecule has 1 aromatic carbocycles. The van der Waals surface area contributed by atoms with Crippen LogP contribution < -0.4 is 5.32 Å². The highest BCUT2D eigenvalue weighted by Crippen LogP contribution is 2.22. The van der Waals surface area contributed by atoms with E-state index in [0.717, 1.165) is 49.2 Å². The van der Waals surface area contributed by atoms with Crippen molar-refractivity contribution in [1.82, 2.24) is 14.8 Å². The number of fused-ring (bicyclic) bond motifs is 1. The predicted octanol–water partition coefficient (Wildman–Crippen LogP) is 1.95. The van der Waals surface area contributed by atoms with Gasteiger partial charge in [-0.1, -0.05) is 13.0 Å². The third kappa shape index (κ3) is 4.38. The number of hydrogen-bond acceptors (Lipinski definition) is 5. The number of anilines is 1. The molecule has 26 heavy (non-hydrogen) atoms. The number of carbonyl (C=O) groups is 1. The number of nitrogens with one attached hydrogen (secondary N) is 1. The molecule has 0 bridgehead atoms. The Bertz CT molecular complexity index is 738. The van der Waals surface area contributed by atoms with E-state index in [4.69, 9.17) is 0 Å². The number of piperazine rings is 1. The van der Waals surface area contributed by atoms with Crippen LogP contribution in [0.15, 0.2) is 36.5 Å². The van der Waals surface area contributed by atoms with Crippen LogP contribution in [0.5, 0.6) is 0 Å². The van der Waals surface area contributed by atoms with Crippen molar-refractivity contribution in [3.63, 3.8) is 0 Å². The molecule has 6 nitrogen and oxygen atoms in total. The Hall–Kier alpha value is -2.02. The largest absolute Gasteiger partial charge is 0.392 e. The zero-order valence-electron chi connectivity index (χ0n) is 15.6. The van der Waals surface area contributed by atoms with Crippen LogP contribution in [0.4, 0.5) is 5.69 Å².